The molecule has 0 aromatic heterocycles. The van der Waals surface area contributed by atoms with Crippen molar-refractivity contribution in [1.82, 2.24) is 14.7 Å². The molecule has 33 heavy (non-hydrogen) atoms. The quantitative estimate of drug-likeness (QED) is 0.459. The minimum atomic E-state index is -0.0395. The Kier molecular flexibility index (Phi) is 6.30. The van der Waals surface area contributed by atoms with Gasteiger partial charge in [0.05, 0.1) is 5.54 Å². The van der Waals surface area contributed by atoms with E-state index in [1.54, 1.807) is 0 Å². The molecule has 3 aliphatic rings. The minimum Gasteiger partial charge on any atom is -0.318 e. The molecule has 2 amide bonds. The highest BCUT2D eigenvalue weighted by Crippen LogP contribution is 2.49. The second kappa shape index (κ2) is 9.07. The molecule has 1 heterocycles. The minimum absolute atomic E-state index is 0.0395. The molecule has 2 saturated carbocycles. The van der Waals surface area contributed by atoms with E-state index in [4.69, 9.17) is 0 Å². The van der Waals surface area contributed by atoms with E-state index in [1.807, 2.05) is 6.07 Å². The van der Waals surface area contributed by atoms with Crippen molar-refractivity contribution in [3.63, 3.8) is 0 Å². The van der Waals surface area contributed by atoms with Gasteiger partial charge < -0.3 is 9.80 Å². The zero-order valence-electron chi connectivity index (χ0n) is 20.0. The molecule has 2 aromatic rings. The van der Waals surface area contributed by atoms with E-state index in [0.29, 0.717) is 12.5 Å². The number of nitrogens with zero attached hydrogens (tertiary/aromatic N) is 3. The molecule has 0 bridgehead atoms. The Hall–Kier alpha value is -1.85. The van der Waals surface area contributed by atoms with Crippen molar-refractivity contribution in [2.24, 2.45) is 5.92 Å². The summed E-state index contributed by atoms with van der Waals surface area (Å²) in [5.41, 5.74) is 2.61. The van der Waals surface area contributed by atoms with E-state index in [1.165, 1.54) is 30.4 Å². The van der Waals surface area contributed by atoms with Gasteiger partial charge in [0.2, 0.25) is 0 Å². The van der Waals surface area contributed by atoms with Crippen LogP contribution in [-0.4, -0.2) is 53.5 Å². The number of hydrogen-bond donors (Lipinski definition) is 0. The summed E-state index contributed by atoms with van der Waals surface area (Å²) in [4.78, 5) is 20.6. The van der Waals surface area contributed by atoms with Gasteiger partial charge in [-0.3, -0.25) is 4.90 Å². The summed E-state index contributed by atoms with van der Waals surface area (Å²) in [5.74, 6) is 0.684. The van der Waals surface area contributed by atoms with Crippen LogP contribution in [0.2, 0.25) is 0 Å². The Morgan fingerprint density at radius 3 is 2.24 bits per heavy atom. The number of carbonyl (C=O) groups is 1. The summed E-state index contributed by atoms with van der Waals surface area (Å²) in [7, 11) is 4.44. The lowest BCUT2D eigenvalue weighted by Crippen LogP contribution is -2.56. The van der Waals surface area contributed by atoms with Crippen LogP contribution < -0.4 is 0 Å². The summed E-state index contributed by atoms with van der Waals surface area (Å²) < 4.78 is 1.09. The first-order valence-corrected chi connectivity index (χ1v) is 13.3. The lowest BCUT2D eigenvalue weighted by Gasteiger charge is -2.51. The number of hydrogen-bond acceptors (Lipinski definition) is 2. The van der Waals surface area contributed by atoms with E-state index in [-0.39, 0.29) is 17.1 Å². The molecule has 2 aliphatic carbocycles. The second-order valence-corrected chi connectivity index (χ2v) is 11.5. The standard InChI is InChI=1S/C28H36BrN3O/c1-30(2)28(24-12-4-3-5-13-24)17-15-27(16-18-28)21-31(20-23-11-6-7-14-25(23)29)26(33)32(27)19-22-9-8-10-22/h3-7,11-14,22H,8-10,15-21H2,1-2H3. The fraction of sp³-hybridized carbons (Fsp3) is 0.536. The number of carbonyl (C=O) groups excluding carboxylic acids is 1. The molecule has 1 saturated heterocycles. The molecule has 3 fully saturated rings. The molecule has 0 atom stereocenters. The highest BCUT2D eigenvalue weighted by Gasteiger charge is 2.54. The van der Waals surface area contributed by atoms with E-state index >= 15 is 0 Å². The molecule has 5 heteroatoms. The third-order valence-corrected chi connectivity index (χ3v) is 9.49. The largest absolute Gasteiger partial charge is 0.320 e. The van der Waals surface area contributed by atoms with Gasteiger partial charge in [0.25, 0.3) is 0 Å². The van der Waals surface area contributed by atoms with Crippen LogP contribution in [0.1, 0.15) is 56.1 Å². The molecule has 176 valence electrons. The summed E-state index contributed by atoms with van der Waals surface area (Å²) in [6.07, 6.45) is 8.16. The Balaban J connectivity index is 1.41. The average molecular weight is 511 g/mol. The Bertz CT molecular complexity index is 980. The fourth-order valence-corrected chi connectivity index (χ4v) is 6.75. The van der Waals surface area contributed by atoms with Gasteiger partial charge in [-0.15, -0.1) is 0 Å². The van der Waals surface area contributed by atoms with Crippen LogP contribution in [0.25, 0.3) is 0 Å². The first kappa shape index (κ1) is 22.9. The molecule has 0 N–H and O–H groups in total. The van der Waals surface area contributed by atoms with Crippen LogP contribution in [0.5, 0.6) is 0 Å². The monoisotopic (exact) mass is 509 g/mol. The maximum Gasteiger partial charge on any atom is 0.320 e. The molecule has 1 aliphatic heterocycles. The predicted octanol–water partition coefficient (Wildman–Crippen LogP) is 6.26. The average Bonchev–Trinajstić information content (AvgIpc) is 3.04. The van der Waals surface area contributed by atoms with Gasteiger partial charge in [-0.25, -0.2) is 4.79 Å². The van der Waals surface area contributed by atoms with Gasteiger partial charge in [0.1, 0.15) is 0 Å². The Morgan fingerprint density at radius 1 is 0.970 bits per heavy atom. The molecular weight excluding hydrogens is 474 g/mol. The zero-order chi connectivity index (χ0) is 23.1. The Labute approximate surface area is 207 Å². The van der Waals surface area contributed by atoms with Gasteiger partial charge in [0.15, 0.2) is 0 Å². The van der Waals surface area contributed by atoms with Gasteiger partial charge in [-0.2, -0.15) is 0 Å². The molecule has 4 nitrogen and oxygen atoms in total. The third-order valence-electron chi connectivity index (χ3n) is 8.72. The smallest absolute Gasteiger partial charge is 0.318 e. The lowest BCUT2D eigenvalue weighted by molar-refractivity contribution is 0.0159. The maximum absolute atomic E-state index is 13.8. The van der Waals surface area contributed by atoms with Crippen molar-refractivity contribution in [1.29, 1.82) is 0 Å². The zero-order valence-corrected chi connectivity index (χ0v) is 21.6. The topological polar surface area (TPSA) is 26.8 Å². The SMILES string of the molecule is CN(C)C1(c2ccccc2)CCC2(CC1)CN(Cc1ccccc1Br)C(=O)N2CC1CCC1. The second-order valence-electron chi connectivity index (χ2n) is 10.7. The predicted molar refractivity (Wildman–Crippen MR) is 137 cm³/mol. The summed E-state index contributed by atoms with van der Waals surface area (Å²) >= 11 is 3.69. The van der Waals surface area contributed by atoms with Crippen LogP contribution >= 0.6 is 15.9 Å². The Morgan fingerprint density at radius 2 is 1.64 bits per heavy atom. The number of amides is 2. The van der Waals surface area contributed by atoms with Gasteiger partial charge in [-0.1, -0.05) is 70.9 Å². The molecule has 0 radical (unpaired) electrons. The van der Waals surface area contributed by atoms with Crippen LogP contribution in [0.4, 0.5) is 4.79 Å². The normalized spacial score (nSPS) is 28.1. The number of benzene rings is 2. The van der Waals surface area contributed by atoms with Crippen molar-refractivity contribution in [3.05, 3.63) is 70.2 Å². The van der Waals surface area contributed by atoms with E-state index in [0.717, 1.165) is 43.2 Å². The van der Waals surface area contributed by atoms with Crippen LogP contribution in [0, 0.1) is 5.92 Å². The summed E-state index contributed by atoms with van der Waals surface area (Å²) in [5, 5.41) is 0. The first-order chi connectivity index (χ1) is 15.9. The number of rotatable bonds is 6. The molecular formula is C28H36BrN3O. The highest BCUT2D eigenvalue weighted by molar-refractivity contribution is 9.10. The third kappa shape index (κ3) is 4.12. The number of urea groups is 1. The van der Waals surface area contributed by atoms with Gasteiger partial charge >= 0.3 is 6.03 Å². The number of halogens is 1. The maximum atomic E-state index is 13.8. The van der Waals surface area contributed by atoms with Gasteiger partial charge in [-0.05, 0) is 75.7 Å². The van der Waals surface area contributed by atoms with E-state index in [2.05, 4.69) is 93.3 Å². The van der Waals surface area contributed by atoms with Crippen molar-refractivity contribution < 1.29 is 4.79 Å². The van der Waals surface area contributed by atoms with Crippen molar-refractivity contribution >= 4 is 22.0 Å². The van der Waals surface area contributed by atoms with Crippen molar-refractivity contribution in [3.8, 4) is 0 Å². The molecule has 5 rings (SSSR count). The first-order valence-electron chi connectivity index (χ1n) is 12.5. The van der Waals surface area contributed by atoms with Crippen molar-refractivity contribution in [2.75, 3.05) is 27.2 Å². The van der Waals surface area contributed by atoms with Gasteiger partial charge in [0, 0.05) is 29.6 Å². The van der Waals surface area contributed by atoms with Crippen molar-refractivity contribution in [2.45, 2.75) is 62.6 Å². The fourth-order valence-electron chi connectivity index (χ4n) is 6.34. The summed E-state index contributed by atoms with van der Waals surface area (Å²) in [6.45, 7) is 2.46. The summed E-state index contributed by atoms with van der Waals surface area (Å²) in [6, 6.07) is 19.5. The van der Waals surface area contributed by atoms with Crippen LogP contribution in [-0.2, 0) is 12.1 Å². The highest BCUT2D eigenvalue weighted by atomic mass is 79.9. The molecule has 2 aromatic carbocycles. The van der Waals surface area contributed by atoms with E-state index < -0.39 is 0 Å². The van der Waals surface area contributed by atoms with Crippen LogP contribution in [0.15, 0.2) is 59.1 Å². The van der Waals surface area contributed by atoms with Crippen LogP contribution in [0.3, 0.4) is 0 Å². The van der Waals surface area contributed by atoms with E-state index in [9.17, 15) is 4.79 Å². The lowest BCUT2D eigenvalue weighted by atomic mass is 9.68. The molecule has 1 spiro atoms. The molecule has 0 unspecified atom stereocenters.